The molecule has 1 heterocycles. The number of nitrogens with zero attached hydrogens (tertiary/aromatic N) is 1. The second-order valence-corrected chi connectivity index (χ2v) is 3.16. The first-order chi connectivity index (χ1) is 4.96. The summed E-state index contributed by atoms with van der Waals surface area (Å²) < 4.78 is 24.9. The van der Waals surface area contributed by atoms with E-state index in [0.29, 0.717) is 4.74 Å². The van der Waals surface area contributed by atoms with Gasteiger partial charge in [0.25, 0.3) is 0 Å². The highest BCUT2D eigenvalue weighted by Crippen LogP contribution is 2.33. The molecule has 1 unspecified atom stereocenters. The maximum Gasteiger partial charge on any atom is 0.248 e. The quantitative estimate of drug-likeness (QED) is 0.454. The Morgan fingerprint density at radius 1 is 1.73 bits per heavy atom. The van der Waals surface area contributed by atoms with Crippen LogP contribution in [-0.4, -0.2) is 23.5 Å². The van der Waals surface area contributed by atoms with Crippen molar-refractivity contribution < 1.29 is 13.5 Å². The fraction of sp³-hybridized carbons (Fsp3) is 0.833. The summed E-state index contributed by atoms with van der Waals surface area (Å²) in [5.74, 6) is 0.00722. The lowest BCUT2D eigenvalue weighted by atomic mass is 9.89. The van der Waals surface area contributed by atoms with Gasteiger partial charge in [0, 0.05) is 0 Å². The summed E-state index contributed by atoms with van der Waals surface area (Å²) in [4.78, 5) is 0. The van der Waals surface area contributed by atoms with Crippen LogP contribution in [0.25, 0.3) is 0 Å². The summed E-state index contributed by atoms with van der Waals surface area (Å²) in [5, 5.41) is 10.7. The van der Waals surface area contributed by atoms with Crippen LogP contribution in [0.5, 0.6) is 0 Å². The first-order valence-electron chi connectivity index (χ1n) is 3.30. The van der Waals surface area contributed by atoms with Gasteiger partial charge in [-0.15, -0.1) is 0 Å². The van der Waals surface area contributed by atoms with E-state index >= 15 is 0 Å². The standard InChI is InChI=1S/C6H10F2N2O/c1-6(5(7)8)2-4(9)10(11)3-6/h5H,2-3,9H2,1H3. The molecule has 1 rings (SSSR count). The van der Waals surface area contributed by atoms with Gasteiger partial charge in [0.1, 0.15) is 0 Å². The van der Waals surface area contributed by atoms with Crippen molar-refractivity contribution in [3.05, 3.63) is 5.21 Å². The van der Waals surface area contributed by atoms with Gasteiger partial charge in [-0.1, -0.05) is 0 Å². The van der Waals surface area contributed by atoms with E-state index in [1.54, 1.807) is 0 Å². The van der Waals surface area contributed by atoms with E-state index in [0.717, 1.165) is 0 Å². The Kier molecular flexibility index (Phi) is 1.74. The van der Waals surface area contributed by atoms with E-state index in [1.807, 2.05) is 0 Å². The summed E-state index contributed by atoms with van der Waals surface area (Å²) in [6, 6.07) is 0. The van der Waals surface area contributed by atoms with Crippen molar-refractivity contribution in [2.24, 2.45) is 11.1 Å². The van der Waals surface area contributed by atoms with Crippen LogP contribution in [0.15, 0.2) is 0 Å². The van der Waals surface area contributed by atoms with Gasteiger partial charge < -0.3 is 5.21 Å². The van der Waals surface area contributed by atoms with Crippen molar-refractivity contribution in [2.45, 2.75) is 19.8 Å². The van der Waals surface area contributed by atoms with Crippen LogP contribution >= 0.6 is 0 Å². The van der Waals surface area contributed by atoms with E-state index in [2.05, 4.69) is 0 Å². The van der Waals surface area contributed by atoms with Crippen LogP contribution in [0.2, 0.25) is 0 Å². The van der Waals surface area contributed by atoms with E-state index < -0.39 is 11.8 Å². The van der Waals surface area contributed by atoms with Crippen LogP contribution in [0.4, 0.5) is 8.78 Å². The van der Waals surface area contributed by atoms with E-state index in [9.17, 15) is 14.0 Å². The predicted molar refractivity (Wildman–Crippen MR) is 36.4 cm³/mol. The van der Waals surface area contributed by atoms with Gasteiger partial charge in [-0.2, -0.15) is 0 Å². The maximum absolute atomic E-state index is 12.2. The number of alkyl halides is 2. The largest absolute Gasteiger partial charge is 0.715 e. The first kappa shape index (κ1) is 8.23. The molecular formula is C6H10F2N2O. The monoisotopic (exact) mass is 164 g/mol. The molecular weight excluding hydrogens is 154 g/mol. The molecule has 0 bridgehead atoms. The summed E-state index contributed by atoms with van der Waals surface area (Å²) >= 11 is 0. The van der Waals surface area contributed by atoms with Crippen molar-refractivity contribution in [2.75, 3.05) is 6.54 Å². The molecule has 0 aromatic rings. The van der Waals surface area contributed by atoms with Gasteiger partial charge in [-0.05, 0) is 6.92 Å². The number of hydroxylamine groups is 1. The highest BCUT2D eigenvalue weighted by molar-refractivity contribution is 5.77. The number of rotatable bonds is 1. The lowest BCUT2D eigenvalue weighted by Crippen LogP contribution is -2.29. The van der Waals surface area contributed by atoms with Gasteiger partial charge in [-0.3, -0.25) is 10.5 Å². The number of hydrogen-bond acceptors (Lipinski definition) is 2. The van der Waals surface area contributed by atoms with Crippen molar-refractivity contribution in [3.63, 3.8) is 0 Å². The summed E-state index contributed by atoms with van der Waals surface area (Å²) in [5.41, 5.74) is 3.94. The van der Waals surface area contributed by atoms with E-state index in [4.69, 9.17) is 5.73 Å². The zero-order valence-electron chi connectivity index (χ0n) is 6.18. The molecule has 64 valence electrons. The third-order valence-electron chi connectivity index (χ3n) is 1.94. The van der Waals surface area contributed by atoms with Gasteiger partial charge in [0.15, 0.2) is 0 Å². The SMILES string of the molecule is CC1(C(F)F)CC(N)=[N+]([O-])C1. The molecule has 11 heavy (non-hydrogen) atoms. The number of hydrogen-bond donors (Lipinski definition) is 1. The molecule has 0 aromatic carbocycles. The van der Waals surface area contributed by atoms with Crippen molar-refractivity contribution in [1.29, 1.82) is 0 Å². The van der Waals surface area contributed by atoms with Crippen LogP contribution in [-0.2, 0) is 0 Å². The minimum atomic E-state index is -2.49. The molecule has 0 radical (unpaired) electrons. The van der Waals surface area contributed by atoms with Crippen molar-refractivity contribution >= 4 is 5.84 Å². The normalized spacial score (nSPS) is 32.0. The lowest BCUT2D eigenvalue weighted by Gasteiger charge is -2.20. The molecule has 0 aliphatic carbocycles. The van der Waals surface area contributed by atoms with Gasteiger partial charge in [-0.25, -0.2) is 8.78 Å². The molecule has 0 amide bonds. The highest BCUT2D eigenvalue weighted by Gasteiger charge is 2.43. The Labute approximate surface area is 63.1 Å². The molecule has 0 saturated heterocycles. The average Bonchev–Trinajstić information content (AvgIpc) is 2.09. The summed E-state index contributed by atoms with van der Waals surface area (Å²) in [6.07, 6.45) is -2.49. The molecule has 2 N–H and O–H groups in total. The average molecular weight is 164 g/mol. The fourth-order valence-corrected chi connectivity index (χ4v) is 1.13. The number of nitrogens with two attached hydrogens (primary N) is 1. The third kappa shape index (κ3) is 1.27. The molecule has 1 atom stereocenters. The van der Waals surface area contributed by atoms with Crippen LogP contribution in [0, 0.1) is 10.6 Å². The third-order valence-corrected chi connectivity index (χ3v) is 1.94. The van der Waals surface area contributed by atoms with Gasteiger partial charge in [0.2, 0.25) is 12.3 Å². The lowest BCUT2D eigenvalue weighted by molar-refractivity contribution is -0.465. The van der Waals surface area contributed by atoms with E-state index in [-0.39, 0.29) is 18.8 Å². The molecule has 0 aromatic heterocycles. The Bertz CT molecular complexity index is 189. The Morgan fingerprint density at radius 2 is 2.27 bits per heavy atom. The molecule has 0 spiro atoms. The minimum absolute atomic E-state index is 0.00579. The van der Waals surface area contributed by atoms with Crippen LogP contribution in [0.1, 0.15) is 13.3 Å². The minimum Gasteiger partial charge on any atom is -0.715 e. The molecule has 5 heteroatoms. The number of halogens is 2. The molecule has 0 saturated carbocycles. The fourth-order valence-electron chi connectivity index (χ4n) is 1.13. The smallest absolute Gasteiger partial charge is 0.248 e. The van der Waals surface area contributed by atoms with Crippen molar-refractivity contribution in [3.8, 4) is 0 Å². The second kappa shape index (κ2) is 2.32. The zero-order chi connectivity index (χ0) is 8.65. The van der Waals surface area contributed by atoms with Crippen LogP contribution in [0.3, 0.4) is 0 Å². The zero-order valence-corrected chi connectivity index (χ0v) is 6.18. The Hall–Kier alpha value is -0.870. The molecule has 0 fully saturated rings. The van der Waals surface area contributed by atoms with Gasteiger partial charge in [0.05, 0.1) is 18.4 Å². The van der Waals surface area contributed by atoms with Crippen LogP contribution < -0.4 is 5.73 Å². The van der Waals surface area contributed by atoms with E-state index in [1.165, 1.54) is 6.92 Å². The summed E-state index contributed by atoms with van der Waals surface area (Å²) in [7, 11) is 0. The summed E-state index contributed by atoms with van der Waals surface area (Å²) in [6.45, 7) is 1.17. The Balaban J connectivity index is 2.72. The Morgan fingerprint density at radius 3 is 2.45 bits per heavy atom. The molecule has 1 aliphatic rings. The number of amidine groups is 1. The molecule has 1 aliphatic heterocycles. The highest BCUT2D eigenvalue weighted by atomic mass is 19.3. The maximum atomic E-state index is 12.2. The second-order valence-electron chi connectivity index (χ2n) is 3.16. The van der Waals surface area contributed by atoms with Crippen molar-refractivity contribution in [1.82, 2.24) is 0 Å². The topological polar surface area (TPSA) is 52.1 Å². The predicted octanol–water partition coefficient (Wildman–Crippen LogP) is 0.529. The first-order valence-corrected chi connectivity index (χ1v) is 3.30. The van der Waals surface area contributed by atoms with Gasteiger partial charge >= 0.3 is 0 Å². The molecule has 3 nitrogen and oxygen atoms in total.